The molecule has 2 nitrogen and oxygen atoms in total. The smallest absolute Gasteiger partial charge is 0.228 e. The molecule has 0 N–H and O–H groups in total. The van der Waals surface area contributed by atoms with Crippen molar-refractivity contribution in [1.82, 2.24) is 0 Å². The molecule has 0 amide bonds. The Kier molecular flexibility index (Phi) is 3.16. The van der Waals surface area contributed by atoms with Gasteiger partial charge >= 0.3 is 6.18 Å². The maximum absolute atomic E-state index is 13.6. The highest BCUT2D eigenvalue weighted by Gasteiger charge is 2.43. The first-order valence-electron chi connectivity index (χ1n) is 6.50. The van der Waals surface area contributed by atoms with Crippen molar-refractivity contribution in [1.29, 1.82) is 0 Å². The average Bonchev–Trinajstić information content (AvgIpc) is 2.56. The van der Waals surface area contributed by atoms with Crippen LogP contribution < -0.4 is 0 Å². The lowest BCUT2D eigenvalue weighted by molar-refractivity contribution is -0.140. The lowest BCUT2D eigenvalue weighted by atomic mass is 9.99. The van der Waals surface area contributed by atoms with Gasteiger partial charge in [0.05, 0.1) is 16.1 Å². The fourth-order valence-corrected chi connectivity index (χ4v) is 5.21. The topological polar surface area (TPSA) is 34.1 Å². The van der Waals surface area contributed by atoms with E-state index in [4.69, 9.17) is 0 Å². The molecule has 2 unspecified atom stereocenters. The molecule has 0 aromatic heterocycles. The molecular formula is C14H12F4O2S. The van der Waals surface area contributed by atoms with Gasteiger partial charge in [0.1, 0.15) is 5.82 Å². The van der Waals surface area contributed by atoms with Gasteiger partial charge in [-0.2, -0.15) is 13.2 Å². The first kappa shape index (κ1) is 14.6. The molecule has 0 saturated carbocycles. The first-order valence-corrected chi connectivity index (χ1v) is 8.11. The minimum absolute atomic E-state index is 0.240. The molecule has 2 bridgehead atoms. The van der Waals surface area contributed by atoms with Gasteiger partial charge in [0.15, 0.2) is 9.84 Å². The van der Waals surface area contributed by atoms with Crippen LogP contribution in [0.1, 0.15) is 30.4 Å². The van der Waals surface area contributed by atoms with Gasteiger partial charge in [-0.1, -0.05) is 12.1 Å². The molecule has 114 valence electrons. The standard InChI is InChI=1S/C14H12F4O2S/c15-13-7-8(1-4-12(13)14(16,17)18)9-5-10-2-3-11(6-9)21(10,19)20/h1,4-5,7,10-11H,2-3,6H2. The molecule has 0 radical (unpaired) electrons. The van der Waals surface area contributed by atoms with Crippen LogP contribution in [0, 0.1) is 5.82 Å². The van der Waals surface area contributed by atoms with Crippen molar-refractivity contribution < 1.29 is 26.0 Å². The Hall–Kier alpha value is -1.37. The third-order valence-corrected chi connectivity index (χ3v) is 6.69. The second kappa shape index (κ2) is 4.56. The fourth-order valence-electron chi connectivity index (χ4n) is 3.02. The number of benzene rings is 1. The lowest BCUT2D eigenvalue weighted by Gasteiger charge is -2.21. The van der Waals surface area contributed by atoms with Gasteiger partial charge in [-0.15, -0.1) is 0 Å². The van der Waals surface area contributed by atoms with Crippen LogP contribution in [-0.4, -0.2) is 18.9 Å². The Labute approximate surface area is 119 Å². The Bertz CT molecular complexity index is 719. The molecule has 1 saturated heterocycles. The van der Waals surface area contributed by atoms with Gasteiger partial charge in [0, 0.05) is 0 Å². The molecule has 1 aromatic rings. The third-order valence-electron chi connectivity index (χ3n) is 4.14. The van der Waals surface area contributed by atoms with Crippen LogP contribution in [-0.2, 0) is 16.0 Å². The van der Waals surface area contributed by atoms with Gasteiger partial charge in [-0.05, 0) is 42.5 Å². The number of allylic oxidation sites excluding steroid dienone is 1. The average molecular weight is 320 g/mol. The highest BCUT2D eigenvalue weighted by Crippen LogP contribution is 2.41. The number of sulfone groups is 1. The zero-order chi connectivity index (χ0) is 15.4. The molecular weight excluding hydrogens is 308 g/mol. The first-order chi connectivity index (χ1) is 9.69. The number of fused-ring (bicyclic) bond motifs is 2. The van der Waals surface area contributed by atoms with Gasteiger partial charge < -0.3 is 0 Å². The van der Waals surface area contributed by atoms with Gasteiger partial charge in [0.25, 0.3) is 0 Å². The van der Waals surface area contributed by atoms with Crippen molar-refractivity contribution in [2.75, 3.05) is 0 Å². The van der Waals surface area contributed by atoms with E-state index < -0.39 is 37.9 Å². The van der Waals surface area contributed by atoms with E-state index in [-0.39, 0.29) is 6.42 Å². The molecule has 2 aliphatic heterocycles. The Morgan fingerprint density at radius 3 is 2.43 bits per heavy atom. The van der Waals surface area contributed by atoms with Crippen molar-refractivity contribution in [3.8, 4) is 0 Å². The van der Waals surface area contributed by atoms with Gasteiger partial charge in [-0.3, -0.25) is 0 Å². The van der Waals surface area contributed by atoms with E-state index in [1.54, 1.807) is 6.08 Å². The van der Waals surface area contributed by atoms with E-state index in [1.165, 1.54) is 6.07 Å². The minimum Gasteiger partial charge on any atom is -0.228 e. The summed E-state index contributed by atoms with van der Waals surface area (Å²) in [5.41, 5.74) is -0.365. The summed E-state index contributed by atoms with van der Waals surface area (Å²) in [5, 5.41) is -1.08. The summed E-state index contributed by atoms with van der Waals surface area (Å²) >= 11 is 0. The summed E-state index contributed by atoms with van der Waals surface area (Å²) in [6.45, 7) is 0. The van der Waals surface area contributed by atoms with E-state index in [1.807, 2.05) is 0 Å². The molecule has 21 heavy (non-hydrogen) atoms. The number of halogens is 4. The Balaban J connectivity index is 1.98. The number of rotatable bonds is 1. The predicted octanol–water partition coefficient (Wildman–Crippen LogP) is 3.58. The molecule has 3 rings (SSSR count). The van der Waals surface area contributed by atoms with E-state index in [9.17, 15) is 26.0 Å². The van der Waals surface area contributed by atoms with Crippen molar-refractivity contribution in [3.63, 3.8) is 0 Å². The van der Waals surface area contributed by atoms with Crippen molar-refractivity contribution in [2.45, 2.75) is 35.9 Å². The zero-order valence-corrected chi connectivity index (χ0v) is 11.6. The van der Waals surface area contributed by atoms with Gasteiger partial charge in [0.2, 0.25) is 0 Å². The summed E-state index contributed by atoms with van der Waals surface area (Å²) in [6, 6.07) is 2.75. The lowest BCUT2D eigenvalue weighted by Crippen LogP contribution is -2.26. The minimum atomic E-state index is -4.73. The maximum Gasteiger partial charge on any atom is 0.419 e. The van der Waals surface area contributed by atoms with Crippen LogP contribution in [0.3, 0.4) is 0 Å². The SMILES string of the molecule is O=S1(=O)C2C=C(c3ccc(C(F)(F)F)c(F)c3)CC1CC2. The van der Waals surface area contributed by atoms with Crippen LogP contribution in [0.15, 0.2) is 24.3 Å². The third kappa shape index (κ3) is 2.37. The highest BCUT2D eigenvalue weighted by molar-refractivity contribution is 7.93. The zero-order valence-electron chi connectivity index (χ0n) is 10.8. The molecule has 1 aromatic carbocycles. The van der Waals surface area contributed by atoms with Crippen molar-refractivity contribution in [2.24, 2.45) is 0 Å². The largest absolute Gasteiger partial charge is 0.419 e. The molecule has 0 spiro atoms. The molecule has 1 fully saturated rings. The maximum atomic E-state index is 13.6. The number of hydrogen-bond donors (Lipinski definition) is 0. The molecule has 7 heteroatoms. The van der Waals surface area contributed by atoms with E-state index in [0.29, 0.717) is 30.0 Å². The summed E-state index contributed by atoms with van der Waals surface area (Å²) in [4.78, 5) is 0. The summed E-state index contributed by atoms with van der Waals surface area (Å²) < 4.78 is 75.0. The van der Waals surface area contributed by atoms with Crippen LogP contribution in [0.25, 0.3) is 5.57 Å². The van der Waals surface area contributed by atoms with E-state index >= 15 is 0 Å². The van der Waals surface area contributed by atoms with Gasteiger partial charge in [-0.25, -0.2) is 12.8 Å². The Morgan fingerprint density at radius 2 is 1.86 bits per heavy atom. The number of alkyl halides is 3. The monoisotopic (exact) mass is 320 g/mol. The quantitative estimate of drug-likeness (QED) is 0.741. The number of hydrogen-bond acceptors (Lipinski definition) is 2. The summed E-state index contributed by atoms with van der Waals surface area (Å²) in [7, 11) is -3.16. The summed E-state index contributed by atoms with van der Waals surface area (Å²) in [5.74, 6) is -1.33. The van der Waals surface area contributed by atoms with E-state index in [2.05, 4.69) is 0 Å². The highest BCUT2D eigenvalue weighted by atomic mass is 32.2. The molecule has 0 aliphatic carbocycles. The molecule has 2 atom stereocenters. The van der Waals surface area contributed by atoms with Crippen LogP contribution in [0.5, 0.6) is 0 Å². The normalized spacial score (nSPS) is 27.5. The fraction of sp³-hybridized carbons (Fsp3) is 0.429. The summed E-state index contributed by atoms with van der Waals surface area (Å²) in [6.07, 6.45) is -1.85. The molecule has 2 heterocycles. The van der Waals surface area contributed by atoms with Crippen LogP contribution in [0.4, 0.5) is 17.6 Å². The van der Waals surface area contributed by atoms with Crippen molar-refractivity contribution >= 4 is 15.4 Å². The second-order valence-corrected chi connectivity index (χ2v) is 7.87. The Morgan fingerprint density at radius 1 is 1.14 bits per heavy atom. The van der Waals surface area contributed by atoms with Crippen molar-refractivity contribution in [3.05, 3.63) is 41.2 Å². The second-order valence-electron chi connectivity index (χ2n) is 5.42. The molecule has 2 aliphatic rings. The predicted molar refractivity (Wildman–Crippen MR) is 69.7 cm³/mol. The van der Waals surface area contributed by atoms with Crippen LogP contribution in [0.2, 0.25) is 0 Å². The van der Waals surface area contributed by atoms with Crippen LogP contribution >= 0.6 is 0 Å². The van der Waals surface area contributed by atoms with E-state index in [0.717, 1.165) is 6.07 Å².